The first-order chi connectivity index (χ1) is 27.1. The van der Waals surface area contributed by atoms with E-state index in [1.807, 2.05) is 19.0 Å². The van der Waals surface area contributed by atoms with Gasteiger partial charge in [0.25, 0.3) is 0 Å². The van der Waals surface area contributed by atoms with E-state index in [2.05, 4.69) is 38.3 Å². The molecule has 0 saturated heterocycles. The van der Waals surface area contributed by atoms with Gasteiger partial charge in [-0.15, -0.1) is 0 Å². The van der Waals surface area contributed by atoms with Crippen LogP contribution in [-0.2, 0) is 38.2 Å². The SMILES string of the molecule is CCCCCCC(CCCC)C(=O)NCCCCCC(=O)OCC(COC(=O)CCCCCNC(=O)C(CCCC)CCCCCC)OC(=O)CCCN(C)C. The fraction of sp³-hybridized carbons (Fsp3) is 0.889. The van der Waals surface area contributed by atoms with Gasteiger partial charge in [-0.3, -0.25) is 24.0 Å². The van der Waals surface area contributed by atoms with Crippen molar-refractivity contribution in [3.63, 3.8) is 0 Å². The number of ether oxygens (including phenoxy) is 3. The van der Waals surface area contributed by atoms with Gasteiger partial charge in [0.2, 0.25) is 11.8 Å². The van der Waals surface area contributed by atoms with E-state index >= 15 is 0 Å². The van der Waals surface area contributed by atoms with Crippen LogP contribution < -0.4 is 10.6 Å². The Hall–Kier alpha value is -2.69. The quantitative estimate of drug-likeness (QED) is 0.0354. The van der Waals surface area contributed by atoms with Crippen LogP contribution in [0.3, 0.4) is 0 Å². The van der Waals surface area contributed by atoms with Crippen molar-refractivity contribution >= 4 is 29.7 Å². The third kappa shape index (κ3) is 32.4. The van der Waals surface area contributed by atoms with Crippen molar-refractivity contribution in [2.24, 2.45) is 11.8 Å². The van der Waals surface area contributed by atoms with Crippen LogP contribution in [0.2, 0.25) is 0 Å². The van der Waals surface area contributed by atoms with Crippen LogP contribution in [0.5, 0.6) is 0 Å². The van der Waals surface area contributed by atoms with Crippen molar-refractivity contribution in [2.75, 3.05) is 46.9 Å². The summed E-state index contributed by atoms with van der Waals surface area (Å²) in [6.07, 6.45) is 22.2. The molecule has 0 saturated carbocycles. The zero-order chi connectivity index (χ0) is 41.7. The van der Waals surface area contributed by atoms with E-state index < -0.39 is 24.0 Å². The molecule has 56 heavy (non-hydrogen) atoms. The van der Waals surface area contributed by atoms with Gasteiger partial charge in [0.15, 0.2) is 6.10 Å². The van der Waals surface area contributed by atoms with Gasteiger partial charge in [0, 0.05) is 44.2 Å². The van der Waals surface area contributed by atoms with Crippen LogP contribution in [0.4, 0.5) is 0 Å². The second kappa shape index (κ2) is 37.9. The van der Waals surface area contributed by atoms with Crippen LogP contribution in [-0.4, -0.2) is 87.7 Å². The Labute approximate surface area is 342 Å². The van der Waals surface area contributed by atoms with E-state index in [4.69, 9.17) is 14.2 Å². The van der Waals surface area contributed by atoms with Gasteiger partial charge in [-0.25, -0.2) is 0 Å². The lowest BCUT2D eigenvalue weighted by Crippen LogP contribution is -2.31. The highest BCUT2D eigenvalue weighted by atomic mass is 16.6. The van der Waals surface area contributed by atoms with E-state index in [9.17, 15) is 24.0 Å². The van der Waals surface area contributed by atoms with Crippen LogP contribution in [0.25, 0.3) is 0 Å². The normalized spacial score (nSPS) is 12.8. The molecule has 2 N–H and O–H groups in total. The molecule has 2 unspecified atom stereocenters. The summed E-state index contributed by atoms with van der Waals surface area (Å²) in [6.45, 7) is 10.2. The molecule has 0 aromatic heterocycles. The van der Waals surface area contributed by atoms with Crippen molar-refractivity contribution in [3.05, 3.63) is 0 Å². The summed E-state index contributed by atoms with van der Waals surface area (Å²) in [5.41, 5.74) is 0. The minimum atomic E-state index is -0.884. The molecular formula is C45H85N3O8. The van der Waals surface area contributed by atoms with E-state index in [0.717, 1.165) is 96.4 Å². The molecule has 0 spiro atoms. The summed E-state index contributed by atoms with van der Waals surface area (Å²) in [5.74, 6) is -0.764. The molecule has 11 heteroatoms. The highest BCUT2D eigenvalue weighted by Gasteiger charge is 2.21. The minimum Gasteiger partial charge on any atom is -0.462 e. The van der Waals surface area contributed by atoms with Crippen LogP contribution in [0.15, 0.2) is 0 Å². The number of amides is 2. The lowest BCUT2D eigenvalue weighted by molar-refractivity contribution is -0.167. The number of carbonyl (C=O) groups is 5. The summed E-state index contributed by atoms with van der Waals surface area (Å²) >= 11 is 0. The number of hydrogen-bond acceptors (Lipinski definition) is 9. The van der Waals surface area contributed by atoms with Gasteiger partial charge in [-0.2, -0.15) is 0 Å². The van der Waals surface area contributed by atoms with E-state index in [1.54, 1.807) is 0 Å². The van der Waals surface area contributed by atoms with Gasteiger partial charge in [-0.05, 0) is 78.4 Å². The summed E-state index contributed by atoms with van der Waals surface area (Å²) < 4.78 is 16.4. The first-order valence-electron chi connectivity index (χ1n) is 22.8. The Morgan fingerprint density at radius 3 is 1.27 bits per heavy atom. The summed E-state index contributed by atoms with van der Waals surface area (Å²) in [7, 11) is 3.86. The number of rotatable bonds is 39. The van der Waals surface area contributed by atoms with Crippen LogP contribution >= 0.6 is 0 Å². The molecule has 0 heterocycles. The average Bonchev–Trinajstić information content (AvgIpc) is 3.17. The molecule has 0 aliphatic rings. The summed E-state index contributed by atoms with van der Waals surface area (Å²) in [4.78, 5) is 65.2. The van der Waals surface area contributed by atoms with Gasteiger partial charge in [0.1, 0.15) is 13.2 Å². The van der Waals surface area contributed by atoms with Gasteiger partial charge >= 0.3 is 17.9 Å². The Morgan fingerprint density at radius 1 is 0.464 bits per heavy atom. The van der Waals surface area contributed by atoms with E-state index in [-0.39, 0.29) is 56.1 Å². The molecule has 2 atom stereocenters. The van der Waals surface area contributed by atoms with Crippen molar-refractivity contribution in [1.82, 2.24) is 15.5 Å². The number of unbranched alkanes of at least 4 members (excludes halogenated alkanes) is 12. The lowest BCUT2D eigenvalue weighted by atomic mass is 9.94. The average molecular weight is 796 g/mol. The van der Waals surface area contributed by atoms with E-state index in [0.29, 0.717) is 32.4 Å². The number of carbonyl (C=O) groups excluding carboxylic acids is 5. The molecule has 0 bridgehead atoms. The van der Waals surface area contributed by atoms with Crippen molar-refractivity contribution in [1.29, 1.82) is 0 Å². The molecule has 0 rings (SSSR count). The highest BCUT2D eigenvalue weighted by molar-refractivity contribution is 5.79. The van der Waals surface area contributed by atoms with Gasteiger partial charge < -0.3 is 29.7 Å². The topological polar surface area (TPSA) is 140 Å². The maximum absolute atomic E-state index is 12.8. The molecule has 11 nitrogen and oxygen atoms in total. The van der Waals surface area contributed by atoms with Crippen molar-refractivity contribution < 1.29 is 38.2 Å². The monoisotopic (exact) mass is 796 g/mol. The van der Waals surface area contributed by atoms with Crippen molar-refractivity contribution in [2.45, 2.75) is 201 Å². The fourth-order valence-electron chi connectivity index (χ4n) is 6.62. The predicted octanol–water partition coefficient (Wildman–Crippen LogP) is 9.23. The largest absolute Gasteiger partial charge is 0.462 e. The second-order valence-electron chi connectivity index (χ2n) is 16.0. The van der Waals surface area contributed by atoms with Crippen molar-refractivity contribution in [3.8, 4) is 0 Å². The lowest BCUT2D eigenvalue weighted by Gasteiger charge is -2.19. The molecule has 0 radical (unpaired) electrons. The molecule has 0 fully saturated rings. The molecular weight excluding hydrogens is 711 g/mol. The maximum Gasteiger partial charge on any atom is 0.306 e. The third-order valence-electron chi connectivity index (χ3n) is 10.2. The maximum atomic E-state index is 12.8. The standard InChI is InChI=1S/C45H85N3O8/c1-7-11-15-19-28-38(26-13-9-3)44(52)46-33-23-17-21-30-41(49)54-36-40(56-43(51)32-25-35-48(5)6)37-55-42(50)31-22-18-24-34-47-45(53)39(27-14-10-4)29-20-16-12-8-2/h38-40H,7-37H2,1-6H3,(H,46,52)(H,47,53). The zero-order valence-electron chi connectivity index (χ0n) is 36.9. The Kier molecular flexibility index (Phi) is 36.0. The molecule has 0 aromatic rings. The second-order valence-corrected chi connectivity index (χ2v) is 16.0. The predicted molar refractivity (Wildman–Crippen MR) is 226 cm³/mol. The molecule has 0 aliphatic carbocycles. The molecule has 0 aromatic carbocycles. The van der Waals surface area contributed by atoms with Gasteiger partial charge in [-0.1, -0.05) is 118 Å². The number of esters is 3. The highest BCUT2D eigenvalue weighted by Crippen LogP contribution is 2.19. The molecule has 2 amide bonds. The first kappa shape index (κ1) is 53.3. The fourth-order valence-corrected chi connectivity index (χ4v) is 6.62. The number of nitrogens with one attached hydrogen (secondary N) is 2. The third-order valence-corrected chi connectivity index (χ3v) is 10.2. The Bertz CT molecular complexity index is 944. The smallest absolute Gasteiger partial charge is 0.306 e. The minimum absolute atomic E-state index is 0.0829. The van der Waals surface area contributed by atoms with E-state index in [1.165, 1.54) is 38.5 Å². The summed E-state index contributed by atoms with van der Waals surface area (Å²) in [6, 6.07) is 0. The Balaban J connectivity index is 4.61. The Morgan fingerprint density at radius 2 is 0.857 bits per heavy atom. The van der Waals surface area contributed by atoms with Gasteiger partial charge in [0.05, 0.1) is 0 Å². The van der Waals surface area contributed by atoms with Crippen LogP contribution in [0.1, 0.15) is 195 Å². The van der Waals surface area contributed by atoms with Crippen LogP contribution in [0, 0.1) is 11.8 Å². The molecule has 328 valence electrons. The number of nitrogens with zero attached hydrogens (tertiary/aromatic N) is 1. The molecule has 0 aliphatic heterocycles. The number of hydrogen-bond donors (Lipinski definition) is 2. The summed E-state index contributed by atoms with van der Waals surface area (Å²) in [5, 5.41) is 6.21. The zero-order valence-corrected chi connectivity index (χ0v) is 36.9. The first-order valence-corrected chi connectivity index (χ1v) is 22.8.